The summed E-state index contributed by atoms with van der Waals surface area (Å²) in [6.07, 6.45) is 0. The highest BCUT2D eigenvalue weighted by Crippen LogP contribution is 2.72. The first-order valence-electron chi connectivity index (χ1n) is 12.4. The molecule has 0 bridgehead atoms. The quantitative estimate of drug-likeness (QED) is 0.659. The van der Waals surface area contributed by atoms with Gasteiger partial charge in [-0.25, -0.2) is 0 Å². The minimum absolute atomic E-state index is 0.0454. The summed E-state index contributed by atoms with van der Waals surface area (Å²) in [5, 5.41) is 14.8. The second kappa shape index (κ2) is 6.47. The maximum absolute atomic E-state index is 10.5. The fourth-order valence-electron chi connectivity index (χ4n) is 9.67. The van der Waals surface area contributed by atoms with Crippen LogP contribution in [0.15, 0.2) is 0 Å². The Balaban J connectivity index is 1.31. The molecule has 32 heavy (non-hydrogen) atoms. The van der Waals surface area contributed by atoms with Crippen LogP contribution in [0, 0.1) is 35.0 Å². The van der Waals surface area contributed by atoms with Gasteiger partial charge in [0.25, 0.3) is 0 Å². The van der Waals surface area contributed by atoms with Gasteiger partial charge in [-0.2, -0.15) is 15.4 Å². The van der Waals surface area contributed by atoms with E-state index in [1.54, 1.807) is 7.11 Å². The molecule has 4 atom stereocenters. The highest BCUT2D eigenvalue weighted by molar-refractivity contribution is 5.42. The molecule has 2 aliphatic carbocycles. The summed E-state index contributed by atoms with van der Waals surface area (Å²) in [4.78, 5) is 16.9. The molecule has 5 aliphatic rings. The third-order valence-corrected chi connectivity index (χ3v) is 10.2. The van der Waals surface area contributed by atoms with E-state index in [4.69, 9.17) is 9.68 Å². The molecule has 3 heterocycles. The van der Waals surface area contributed by atoms with E-state index in [0.29, 0.717) is 29.7 Å². The zero-order chi connectivity index (χ0) is 23.6. The summed E-state index contributed by atoms with van der Waals surface area (Å²) in [5.41, 5.74) is -0.575. The van der Waals surface area contributed by atoms with Gasteiger partial charge in [0.1, 0.15) is 5.54 Å². The van der Waals surface area contributed by atoms with Crippen molar-refractivity contribution in [3.05, 3.63) is 0 Å². The van der Waals surface area contributed by atoms with Gasteiger partial charge in [-0.15, -0.1) is 0 Å². The Kier molecular flexibility index (Phi) is 4.65. The van der Waals surface area contributed by atoms with E-state index in [1.807, 2.05) is 7.11 Å². The third kappa shape index (κ3) is 2.42. The Hall–Kier alpha value is -0.750. The molecule has 5 rings (SSSR count). The molecule has 4 unspecified atom stereocenters. The summed E-state index contributed by atoms with van der Waals surface area (Å²) >= 11 is 0. The van der Waals surface area contributed by atoms with Crippen molar-refractivity contribution in [2.24, 2.45) is 23.7 Å². The smallest absolute Gasteiger partial charge is 0.119 e. The summed E-state index contributed by atoms with van der Waals surface area (Å²) in [7, 11) is 3.57. The van der Waals surface area contributed by atoms with Crippen molar-refractivity contribution in [1.82, 2.24) is 19.9 Å². The minimum atomic E-state index is -0.362. The van der Waals surface area contributed by atoms with Crippen LogP contribution in [-0.4, -0.2) is 94.1 Å². The van der Waals surface area contributed by atoms with E-state index >= 15 is 0 Å². The molecule has 0 N–H and O–H groups in total. The summed E-state index contributed by atoms with van der Waals surface area (Å²) in [5.74, 6) is 1.91. The highest BCUT2D eigenvalue weighted by Gasteiger charge is 2.84. The van der Waals surface area contributed by atoms with Crippen LogP contribution >= 0.6 is 0 Å². The standard InChI is InChI=1S/C25H43N5O2/c1-21(2)16-17(22(3,4)29(21)31-9)18(16)27-11-13-28(14-12-27)25(15-26)19-20(25)24(7,8)30(32-10)23(19,5)6/h16-20H,11-14H2,1-10H3. The first-order valence-corrected chi connectivity index (χ1v) is 12.4. The molecule has 3 aliphatic heterocycles. The molecule has 2 saturated carbocycles. The number of hydroxylamine groups is 4. The van der Waals surface area contributed by atoms with E-state index in [0.717, 1.165) is 26.2 Å². The van der Waals surface area contributed by atoms with Gasteiger partial charge in [-0.3, -0.25) is 9.80 Å². The molecule has 0 aromatic heterocycles. The summed E-state index contributed by atoms with van der Waals surface area (Å²) in [6, 6.07) is 3.45. The van der Waals surface area contributed by atoms with E-state index in [1.165, 1.54) is 0 Å². The minimum Gasteiger partial charge on any atom is -0.301 e. The van der Waals surface area contributed by atoms with E-state index in [9.17, 15) is 5.26 Å². The number of hydrogen-bond donors (Lipinski definition) is 0. The van der Waals surface area contributed by atoms with Crippen molar-refractivity contribution in [2.45, 2.75) is 89.1 Å². The third-order valence-electron chi connectivity index (χ3n) is 10.2. The van der Waals surface area contributed by atoms with Gasteiger partial charge in [0.2, 0.25) is 0 Å². The predicted molar refractivity (Wildman–Crippen MR) is 123 cm³/mol. The first-order chi connectivity index (χ1) is 14.8. The van der Waals surface area contributed by atoms with Gasteiger partial charge < -0.3 is 9.68 Å². The molecule has 0 radical (unpaired) electrons. The molecule has 0 spiro atoms. The van der Waals surface area contributed by atoms with Crippen molar-refractivity contribution in [3.8, 4) is 6.07 Å². The lowest BCUT2D eigenvalue weighted by Crippen LogP contribution is -2.62. The number of fused-ring (bicyclic) bond motifs is 2. The zero-order valence-electron chi connectivity index (χ0n) is 21.8. The van der Waals surface area contributed by atoms with Gasteiger partial charge in [0, 0.05) is 78.0 Å². The molecule has 0 aromatic rings. The van der Waals surface area contributed by atoms with Crippen LogP contribution in [0.4, 0.5) is 0 Å². The van der Waals surface area contributed by atoms with E-state index < -0.39 is 0 Å². The molecule has 0 aromatic carbocycles. The fourth-order valence-corrected chi connectivity index (χ4v) is 9.67. The number of piperidine rings is 2. The second-order valence-corrected chi connectivity index (χ2v) is 13.0. The molecule has 7 nitrogen and oxygen atoms in total. The number of nitriles is 1. The maximum Gasteiger partial charge on any atom is 0.119 e. The van der Waals surface area contributed by atoms with Crippen LogP contribution in [0.3, 0.4) is 0 Å². The molecule has 0 amide bonds. The normalized spacial score (nSPS) is 46.5. The van der Waals surface area contributed by atoms with E-state index in [-0.39, 0.29) is 27.7 Å². The number of nitrogens with zero attached hydrogens (tertiary/aromatic N) is 5. The van der Waals surface area contributed by atoms with Crippen molar-refractivity contribution in [1.29, 1.82) is 5.26 Å². The zero-order valence-corrected chi connectivity index (χ0v) is 21.8. The molecule has 3 saturated heterocycles. The lowest BCUT2D eigenvalue weighted by atomic mass is 9.90. The van der Waals surface area contributed by atoms with Crippen LogP contribution in [0.5, 0.6) is 0 Å². The first kappa shape index (κ1) is 23.0. The average Bonchev–Trinajstić information content (AvgIpc) is 3.56. The lowest BCUT2D eigenvalue weighted by molar-refractivity contribution is -0.241. The Morgan fingerprint density at radius 2 is 1.09 bits per heavy atom. The number of rotatable bonds is 4. The Morgan fingerprint density at radius 1 is 0.688 bits per heavy atom. The SMILES string of the molecule is CON1C(C)(C)C2C(N3CCN(C4(C#N)C5C4C(C)(C)N(OC)C5(C)C)CC3)C2C1(C)C. The Bertz CT molecular complexity index is 794. The van der Waals surface area contributed by atoms with Gasteiger partial charge in [0.05, 0.1) is 20.3 Å². The maximum atomic E-state index is 10.5. The number of hydrogen-bond acceptors (Lipinski definition) is 7. The van der Waals surface area contributed by atoms with Gasteiger partial charge in [-0.1, -0.05) is 0 Å². The molecule has 180 valence electrons. The van der Waals surface area contributed by atoms with Crippen LogP contribution < -0.4 is 0 Å². The number of piperazine rings is 1. The van der Waals surface area contributed by atoms with Crippen molar-refractivity contribution < 1.29 is 9.68 Å². The highest BCUT2D eigenvalue weighted by atomic mass is 16.7. The molecule has 7 heteroatoms. The van der Waals surface area contributed by atoms with Crippen LogP contribution in [0.2, 0.25) is 0 Å². The molecular formula is C25H43N5O2. The molecule has 5 fully saturated rings. The summed E-state index contributed by atoms with van der Waals surface area (Å²) in [6.45, 7) is 22.4. The van der Waals surface area contributed by atoms with Crippen LogP contribution in [0.1, 0.15) is 55.4 Å². The van der Waals surface area contributed by atoms with Gasteiger partial charge in [0.15, 0.2) is 0 Å². The van der Waals surface area contributed by atoms with Gasteiger partial charge in [-0.05, 0) is 55.4 Å². The Labute approximate surface area is 194 Å². The monoisotopic (exact) mass is 445 g/mol. The van der Waals surface area contributed by atoms with Crippen molar-refractivity contribution in [2.75, 3.05) is 40.4 Å². The topological polar surface area (TPSA) is 55.2 Å². The second-order valence-electron chi connectivity index (χ2n) is 13.0. The van der Waals surface area contributed by atoms with Crippen LogP contribution in [0.25, 0.3) is 0 Å². The molecular weight excluding hydrogens is 402 g/mol. The van der Waals surface area contributed by atoms with E-state index in [2.05, 4.69) is 81.4 Å². The van der Waals surface area contributed by atoms with Gasteiger partial charge >= 0.3 is 0 Å². The van der Waals surface area contributed by atoms with Crippen molar-refractivity contribution in [3.63, 3.8) is 0 Å². The lowest BCUT2D eigenvalue weighted by Gasteiger charge is -2.48. The largest absolute Gasteiger partial charge is 0.301 e. The Morgan fingerprint density at radius 3 is 1.47 bits per heavy atom. The fraction of sp³-hybridized carbons (Fsp3) is 0.960. The summed E-state index contributed by atoms with van der Waals surface area (Å²) < 4.78 is 0. The van der Waals surface area contributed by atoms with Crippen molar-refractivity contribution >= 4 is 0 Å². The van der Waals surface area contributed by atoms with Crippen LogP contribution in [-0.2, 0) is 9.68 Å². The predicted octanol–water partition coefficient (Wildman–Crippen LogP) is 2.60. The average molecular weight is 446 g/mol.